The van der Waals surface area contributed by atoms with Crippen molar-refractivity contribution < 1.29 is 34.2 Å². The molecule has 170 valence electrons. The largest absolute Gasteiger partial charge is 0.480 e. The van der Waals surface area contributed by atoms with Crippen LogP contribution in [-0.2, 0) is 24.0 Å². The van der Waals surface area contributed by atoms with Crippen LogP contribution in [0, 0.1) is 5.92 Å². The Labute approximate surface area is 174 Å². The second kappa shape index (κ2) is 12.1. The van der Waals surface area contributed by atoms with Crippen LogP contribution in [0.25, 0.3) is 0 Å². The predicted molar refractivity (Wildman–Crippen MR) is 105 cm³/mol. The van der Waals surface area contributed by atoms with Gasteiger partial charge in [0.2, 0.25) is 23.6 Å². The minimum atomic E-state index is -1.60. The third kappa shape index (κ3) is 7.59. The van der Waals surface area contributed by atoms with Gasteiger partial charge in [0.25, 0.3) is 0 Å². The monoisotopic (exact) mass is 429 g/mol. The Morgan fingerprint density at radius 1 is 1.10 bits per heavy atom. The molecule has 1 aliphatic rings. The fourth-order valence-corrected chi connectivity index (χ4v) is 2.99. The van der Waals surface area contributed by atoms with Gasteiger partial charge in [0.15, 0.2) is 0 Å². The molecule has 0 spiro atoms. The van der Waals surface area contributed by atoms with E-state index in [0.717, 1.165) is 6.42 Å². The molecule has 0 aromatic carbocycles. The Hall–Kier alpha value is -2.73. The molecule has 1 saturated heterocycles. The van der Waals surface area contributed by atoms with Crippen molar-refractivity contribution in [2.75, 3.05) is 13.2 Å². The van der Waals surface area contributed by atoms with Gasteiger partial charge in [0, 0.05) is 0 Å². The number of nitrogens with two attached hydrogens (primary N) is 1. The number of nitrogens with one attached hydrogen (secondary N) is 4. The lowest BCUT2D eigenvalue weighted by Crippen LogP contribution is -2.59. The van der Waals surface area contributed by atoms with Crippen LogP contribution in [0.2, 0.25) is 0 Å². The maximum atomic E-state index is 12.7. The third-order valence-corrected chi connectivity index (χ3v) is 5.01. The molecule has 5 atom stereocenters. The lowest BCUT2D eigenvalue weighted by Gasteiger charge is -2.27. The summed E-state index contributed by atoms with van der Waals surface area (Å²) in [5.41, 5.74) is 4.96. The van der Waals surface area contributed by atoms with Crippen molar-refractivity contribution in [2.24, 2.45) is 11.7 Å². The van der Waals surface area contributed by atoms with Crippen molar-refractivity contribution in [2.45, 2.75) is 63.7 Å². The quantitative estimate of drug-likeness (QED) is 0.172. The SMILES string of the molecule is CCC(C)C(NC(=O)C1CCCN1)C(=O)NC(CO)C(=O)NC(CC(N)=O)C(=O)O. The number of aliphatic carboxylic acids is 1. The van der Waals surface area contributed by atoms with E-state index in [1.54, 1.807) is 6.92 Å². The summed E-state index contributed by atoms with van der Waals surface area (Å²) < 4.78 is 0. The summed E-state index contributed by atoms with van der Waals surface area (Å²) in [5, 5.41) is 28.7. The number of amides is 4. The fraction of sp³-hybridized carbons (Fsp3) is 0.722. The maximum Gasteiger partial charge on any atom is 0.326 e. The summed E-state index contributed by atoms with van der Waals surface area (Å²) in [6, 6.07) is -4.42. The summed E-state index contributed by atoms with van der Waals surface area (Å²) in [6.07, 6.45) is 1.42. The van der Waals surface area contributed by atoms with E-state index in [1.165, 1.54) is 0 Å². The molecule has 8 N–H and O–H groups in total. The molecule has 0 saturated carbocycles. The summed E-state index contributed by atoms with van der Waals surface area (Å²) in [5.74, 6) is -4.70. The number of carboxylic acid groups (broad SMARTS) is 1. The van der Waals surface area contributed by atoms with Crippen LogP contribution in [0.4, 0.5) is 0 Å². The number of rotatable bonds is 12. The van der Waals surface area contributed by atoms with Crippen molar-refractivity contribution >= 4 is 29.6 Å². The van der Waals surface area contributed by atoms with Gasteiger partial charge in [0.1, 0.15) is 18.1 Å². The third-order valence-electron chi connectivity index (χ3n) is 5.01. The summed E-state index contributed by atoms with van der Waals surface area (Å²) >= 11 is 0. The van der Waals surface area contributed by atoms with E-state index >= 15 is 0 Å². The Bertz CT molecular complexity index is 651. The van der Waals surface area contributed by atoms with Crippen LogP contribution in [0.15, 0.2) is 0 Å². The molecule has 30 heavy (non-hydrogen) atoms. The number of hydrogen-bond acceptors (Lipinski definition) is 7. The fourth-order valence-electron chi connectivity index (χ4n) is 2.99. The van der Waals surface area contributed by atoms with Crippen LogP contribution in [0.5, 0.6) is 0 Å². The lowest BCUT2D eigenvalue weighted by molar-refractivity contribution is -0.144. The van der Waals surface area contributed by atoms with Crippen LogP contribution in [-0.4, -0.2) is 77.1 Å². The van der Waals surface area contributed by atoms with E-state index in [0.29, 0.717) is 19.4 Å². The zero-order valence-corrected chi connectivity index (χ0v) is 17.1. The molecule has 5 unspecified atom stereocenters. The number of aliphatic hydroxyl groups is 1. The minimum Gasteiger partial charge on any atom is -0.480 e. The van der Waals surface area contributed by atoms with Crippen molar-refractivity contribution in [3.05, 3.63) is 0 Å². The van der Waals surface area contributed by atoms with Gasteiger partial charge in [-0.25, -0.2) is 4.79 Å². The minimum absolute atomic E-state index is 0.264. The Morgan fingerprint density at radius 3 is 2.20 bits per heavy atom. The van der Waals surface area contributed by atoms with Gasteiger partial charge in [-0.2, -0.15) is 0 Å². The second-order valence-electron chi connectivity index (χ2n) is 7.33. The van der Waals surface area contributed by atoms with Crippen LogP contribution >= 0.6 is 0 Å². The lowest BCUT2D eigenvalue weighted by atomic mass is 9.97. The summed E-state index contributed by atoms with van der Waals surface area (Å²) in [7, 11) is 0. The van der Waals surface area contributed by atoms with Gasteiger partial charge < -0.3 is 37.2 Å². The molecule has 0 bridgehead atoms. The number of carboxylic acids is 1. The Kier molecular flexibility index (Phi) is 10.2. The zero-order chi connectivity index (χ0) is 22.8. The first-order valence-corrected chi connectivity index (χ1v) is 9.87. The normalized spacial score (nSPS) is 19.8. The first-order valence-electron chi connectivity index (χ1n) is 9.87. The first kappa shape index (κ1) is 25.3. The highest BCUT2D eigenvalue weighted by Gasteiger charge is 2.33. The van der Waals surface area contributed by atoms with Gasteiger partial charge in [0.05, 0.1) is 19.1 Å². The smallest absolute Gasteiger partial charge is 0.326 e. The van der Waals surface area contributed by atoms with Crippen molar-refractivity contribution in [1.29, 1.82) is 0 Å². The van der Waals surface area contributed by atoms with Crippen LogP contribution in [0.3, 0.4) is 0 Å². The summed E-state index contributed by atoms with van der Waals surface area (Å²) in [4.78, 5) is 59.6. The van der Waals surface area contributed by atoms with Crippen LogP contribution in [0.1, 0.15) is 39.5 Å². The molecule has 0 aromatic heterocycles. The van der Waals surface area contributed by atoms with E-state index in [2.05, 4.69) is 21.3 Å². The molecular formula is C18H31N5O7. The van der Waals surface area contributed by atoms with E-state index in [4.69, 9.17) is 10.8 Å². The molecule has 4 amide bonds. The van der Waals surface area contributed by atoms with Gasteiger partial charge in [-0.05, 0) is 25.3 Å². The van der Waals surface area contributed by atoms with Crippen molar-refractivity contribution in [3.63, 3.8) is 0 Å². The van der Waals surface area contributed by atoms with Crippen molar-refractivity contribution in [3.8, 4) is 0 Å². The molecule has 1 aliphatic heterocycles. The molecule has 1 rings (SSSR count). The molecule has 0 aliphatic carbocycles. The maximum absolute atomic E-state index is 12.7. The standard InChI is InChI=1S/C18H31N5O7/c1-3-9(2)14(23-15(26)10-5-4-6-20-10)17(28)22-12(8-24)16(27)21-11(18(29)30)7-13(19)25/h9-12,14,20,24H,3-8H2,1-2H3,(H2,19,25)(H,21,27)(H,22,28)(H,23,26)(H,29,30). The second-order valence-corrected chi connectivity index (χ2v) is 7.33. The summed E-state index contributed by atoms with van der Waals surface area (Å²) in [6.45, 7) is 3.49. The number of carbonyl (C=O) groups is 5. The Morgan fingerprint density at radius 2 is 1.73 bits per heavy atom. The van der Waals surface area contributed by atoms with Crippen molar-refractivity contribution in [1.82, 2.24) is 21.3 Å². The average molecular weight is 429 g/mol. The van der Waals surface area contributed by atoms with E-state index in [9.17, 15) is 29.1 Å². The highest BCUT2D eigenvalue weighted by molar-refractivity contribution is 5.95. The number of primary amides is 1. The van der Waals surface area contributed by atoms with Gasteiger partial charge in [-0.1, -0.05) is 20.3 Å². The molecule has 1 heterocycles. The van der Waals surface area contributed by atoms with Gasteiger partial charge >= 0.3 is 5.97 Å². The Balaban J connectivity index is 2.82. The average Bonchev–Trinajstić information content (AvgIpc) is 3.23. The van der Waals surface area contributed by atoms with E-state index in [-0.39, 0.29) is 11.8 Å². The molecule has 1 fully saturated rings. The van der Waals surface area contributed by atoms with E-state index in [1.807, 2.05) is 6.92 Å². The molecule has 0 aromatic rings. The first-order chi connectivity index (χ1) is 14.1. The predicted octanol–water partition coefficient (Wildman–Crippen LogP) is -2.81. The topological polar surface area (TPSA) is 200 Å². The highest BCUT2D eigenvalue weighted by atomic mass is 16.4. The van der Waals surface area contributed by atoms with Gasteiger partial charge in [-0.15, -0.1) is 0 Å². The molecular weight excluding hydrogens is 398 g/mol. The number of aliphatic hydroxyl groups excluding tert-OH is 1. The van der Waals surface area contributed by atoms with Crippen LogP contribution < -0.4 is 27.0 Å². The number of carbonyl (C=O) groups excluding carboxylic acids is 4. The van der Waals surface area contributed by atoms with E-state index < -0.39 is 60.9 Å². The molecule has 0 radical (unpaired) electrons. The van der Waals surface area contributed by atoms with Gasteiger partial charge in [-0.3, -0.25) is 19.2 Å². The zero-order valence-electron chi connectivity index (χ0n) is 17.1. The molecule has 12 nitrogen and oxygen atoms in total. The highest BCUT2D eigenvalue weighted by Crippen LogP contribution is 2.11. The number of hydrogen-bond donors (Lipinski definition) is 7. The molecule has 12 heteroatoms.